The SMILES string of the molecule is COC(=O)[C@H](C(C)C)N1CCc2nnn(CC3CCCCC3)c2-c2ccccc2S1(=O)=O. The summed E-state index contributed by atoms with van der Waals surface area (Å²) in [5, 5.41) is 8.89. The third-order valence-electron chi connectivity index (χ3n) is 6.64. The minimum absolute atomic E-state index is 0.143. The summed E-state index contributed by atoms with van der Waals surface area (Å²) in [6.07, 6.45) is 6.44. The summed E-state index contributed by atoms with van der Waals surface area (Å²) in [5.41, 5.74) is 2.15. The lowest BCUT2D eigenvalue weighted by Crippen LogP contribution is -2.49. The second-order valence-corrected chi connectivity index (χ2v) is 11.0. The molecular weight excluding hydrogens is 428 g/mol. The Kier molecular flexibility index (Phi) is 6.67. The van der Waals surface area contributed by atoms with E-state index in [4.69, 9.17) is 4.74 Å². The molecule has 0 spiro atoms. The highest BCUT2D eigenvalue weighted by molar-refractivity contribution is 7.89. The van der Waals surface area contributed by atoms with Crippen LogP contribution in [0.25, 0.3) is 11.3 Å². The van der Waals surface area contributed by atoms with Gasteiger partial charge >= 0.3 is 5.97 Å². The number of hydrogen-bond donors (Lipinski definition) is 0. The molecule has 9 heteroatoms. The molecule has 1 aromatic carbocycles. The van der Waals surface area contributed by atoms with Gasteiger partial charge in [0.15, 0.2) is 0 Å². The first-order chi connectivity index (χ1) is 15.3. The topological polar surface area (TPSA) is 94.4 Å². The number of fused-ring (bicyclic) bond motifs is 3. The van der Waals surface area contributed by atoms with Gasteiger partial charge in [-0.1, -0.05) is 56.5 Å². The molecule has 1 aliphatic carbocycles. The molecule has 8 nitrogen and oxygen atoms in total. The molecule has 1 atom stereocenters. The number of sulfonamides is 1. The maximum atomic E-state index is 13.8. The largest absolute Gasteiger partial charge is 0.468 e. The number of carbonyl (C=O) groups is 1. The Morgan fingerprint density at radius 2 is 1.91 bits per heavy atom. The smallest absolute Gasteiger partial charge is 0.324 e. The number of carbonyl (C=O) groups excluding carboxylic acids is 1. The van der Waals surface area contributed by atoms with Crippen LogP contribution < -0.4 is 0 Å². The van der Waals surface area contributed by atoms with Crippen LogP contribution in [0.4, 0.5) is 0 Å². The fourth-order valence-corrected chi connectivity index (χ4v) is 6.94. The van der Waals surface area contributed by atoms with Crippen LogP contribution in [0.1, 0.15) is 51.6 Å². The van der Waals surface area contributed by atoms with Crippen molar-refractivity contribution in [3.05, 3.63) is 30.0 Å². The average Bonchev–Trinajstić information content (AvgIpc) is 3.17. The highest BCUT2D eigenvalue weighted by Crippen LogP contribution is 2.36. The van der Waals surface area contributed by atoms with Crippen LogP contribution in [-0.2, 0) is 32.5 Å². The average molecular weight is 461 g/mol. The molecule has 0 bridgehead atoms. The van der Waals surface area contributed by atoms with Crippen LogP contribution in [0.2, 0.25) is 0 Å². The van der Waals surface area contributed by atoms with Gasteiger partial charge in [0, 0.05) is 25.1 Å². The van der Waals surface area contributed by atoms with Crippen molar-refractivity contribution in [3.63, 3.8) is 0 Å². The molecule has 1 saturated carbocycles. The molecule has 0 unspecified atom stereocenters. The van der Waals surface area contributed by atoms with Gasteiger partial charge in [0.1, 0.15) is 6.04 Å². The highest BCUT2D eigenvalue weighted by atomic mass is 32.2. The van der Waals surface area contributed by atoms with Crippen molar-refractivity contribution in [1.82, 2.24) is 19.3 Å². The number of ether oxygens (including phenoxy) is 1. The van der Waals surface area contributed by atoms with Crippen molar-refractivity contribution in [2.45, 2.75) is 69.9 Å². The molecule has 0 saturated heterocycles. The zero-order valence-corrected chi connectivity index (χ0v) is 19.8. The first-order valence-corrected chi connectivity index (χ1v) is 12.9. The van der Waals surface area contributed by atoms with Gasteiger partial charge in [0.25, 0.3) is 0 Å². The molecule has 1 aliphatic heterocycles. The van der Waals surface area contributed by atoms with E-state index >= 15 is 0 Å². The number of benzene rings is 1. The van der Waals surface area contributed by atoms with Crippen molar-refractivity contribution in [3.8, 4) is 11.3 Å². The van der Waals surface area contributed by atoms with Gasteiger partial charge in [-0.05, 0) is 30.7 Å². The first-order valence-electron chi connectivity index (χ1n) is 11.5. The highest BCUT2D eigenvalue weighted by Gasteiger charge is 2.41. The lowest BCUT2D eigenvalue weighted by molar-refractivity contribution is -0.146. The molecule has 1 fully saturated rings. The van der Waals surface area contributed by atoms with Crippen molar-refractivity contribution in [2.24, 2.45) is 11.8 Å². The third kappa shape index (κ3) is 4.20. The summed E-state index contributed by atoms with van der Waals surface area (Å²) >= 11 is 0. The van der Waals surface area contributed by atoms with E-state index in [1.165, 1.54) is 30.7 Å². The van der Waals surface area contributed by atoms with Gasteiger partial charge in [-0.15, -0.1) is 5.10 Å². The second-order valence-electron chi connectivity index (χ2n) is 9.14. The Hall–Kier alpha value is -2.26. The van der Waals surface area contributed by atoms with E-state index < -0.39 is 22.0 Å². The van der Waals surface area contributed by atoms with E-state index in [-0.39, 0.29) is 17.4 Å². The zero-order chi connectivity index (χ0) is 22.9. The molecule has 2 aliphatic rings. The van der Waals surface area contributed by atoms with Crippen LogP contribution >= 0.6 is 0 Å². The van der Waals surface area contributed by atoms with Crippen LogP contribution in [-0.4, -0.2) is 53.4 Å². The number of esters is 1. The molecule has 1 aromatic heterocycles. The quantitative estimate of drug-likeness (QED) is 0.636. The Morgan fingerprint density at radius 1 is 1.19 bits per heavy atom. The summed E-state index contributed by atoms with van der Waals surface area (Å²) in [6.45, 7) is 4.54. The zero-order valence-electron chi connectivity index (χ0n) is 19.0. The van der Waals surface area contributed by atoms with E-state index in [0.29, 0.717) is 17.9 Å². The molecule has 2 aromatic rings. The Balaban J connectivity index is 1.80. The summed E-state index contributed by atoms with van der Waals surface area (Å²) in [7, 11) is -2.66. The Labute approximate surface area is 190 Å². The van der Waals surface area contributed by atoms with Gasteiger partial charge in [-0.3, -0.25) is 4.79 Å². The summed E-state index contributed by atoms with van der Waals surface area (Å²) < 4.78 is 35.8. The van der Waals surface area contributed by atoms with Crippen molar-refractivity contribution < 1.29 is 17.9 Å². The fraction of sp³-hybridized carbons (Fsp3) is 0.609. The van der Waals surface area contributed by atoms with E-state index in [2.05, 4.69) is 10.3 Å². The first kappa shape index (κ1) is 22.9. The van der Waals surface area contributed by atoms with Gasteiger partial charge in [-0.25, -0.2) is 13.1 Å². The number of nitrogens with zero attached hydrogens (tertiary/aromatic N) is 4. The number of hydrogen-bond acceptors (Lipinski definition) is 6. The lowest BCUT2D eigenvalue weighted by Gasteiger charge is -2.33. The normalized spacial score (nSPS) is 20.1. The van der Waals surface area contributed by atoms with Gasteiger partial charge in [0.2, 0.25) is 10.0 Å². The van der Waals surface area contributed by atoms with Crippen LogP contribution in [0, 0.1) is 11.8 Å². The number of rotatable bonds is 5. The molecule has 32 heavy (non-hydrogen) atoms. The van der Waals surface area contributed by atoms with E-state index in [0.717, 1.165) is 30.8 Å². The van der Waals surface area contributed by atoms with Gasteiger partial charge < -0.3 is 4.74 Å². The van der Waals surface area contributed by atoms with E-state index in [1.807, 2.05) is 30.7 Å². The number of aromatic nitrogens is 3. The molecule has 174 valence electrons. The Morgan fingerprint density at radius 3 is 2.59 bits per heavy atom. The predicted molar refractivity (Wildman–Crippen MR) is 120 cm³/mol. The molecule has 0 radical (unpaired) electrons. The second kappa shape index (κ2) is 9.31. The maximum Gasteiger partial charge on any atom is 0.324 e. The van der Waals surface area contributed by atoms with Gasteiger partial charge in [0.05, 0.1) is 23.4 Å². The summed E-state index contributed by atoms with van der Waals surface area (Å²) in [5.74, 6) is -0.266. The van der Waals surface area contributed by atoms with Gasteiger partial charge in [-0.2, -0.15) is 4.31 Å². The minimum Gasteiger partial charge on any atom is -0.468 e. The lowest BCUT2D eigenvalue weighted by atomic mass is 9.89. The minimum atomic E-state index is -3.95. The predicted octanol–water partition coefficient (Wildman–Crippen LogP) is 3.27. The maximum absolute atomic E-state index is 13.8. The van der Waals surface area contributed by atoms with Crippen LogP contribution in [0.15, 0.2) is 29.2 Å². The van der Waals surface area contributed by atoms with Crippen molar-refractivity contribution >= 4 is 16.0 Å². The van der Waals surface area contributed by atoms with E-state index in [9.17, 15) is 13.2 Å². The molecular formula is C23H32N4O4S. The van der Waals surface area contributed by atoms with Crippen molar-refractivity contribution in [1.29, 1.82) is 0 Å². The molecule has 0 N–H and O–H groups in total. The summed E-state index contributed by atoms with van der Waals surface area (Å²) in [6, 6.07) is 6.07. The van der Waals surface area contributed by atoms with Crippen LogP contribution in [0.5, 0.6) is 0 Å². The molecule has 0 amide bonds. The molecule has 2 heterocycles. The monoisotopic (exact) mass is 460 g/mol. The van der Waals surface area contributed by atoms with Crippen molar-refractivity contribution in [2.75, 3.05) is 13.7 Å². The van der Waals surface area contributed by atoms with E-state index in [1.54, 1.807) is 12.1 Å². The third-order valence-corrected chi connectivity index (χ3v) is 8.58. The van der Waals surface area contributed by atoms with Crippen LogP contribution in [0.3, 0.4) is 0 Å². The fourth-order valence-electron chi connectivity index (χ4n) is 5.04. The Bertz CT molecular complexity index is 1070. The number of methoxy groups -OCH3 is 1. The standard InChI is InChI=1S/C23H32N4O4S/c1-16(2)21(23(28)31-3)27-14-13-19-22(18-11-7-8-12-20(18)32(27,29)30)26(25-24-19)15-17-9-5-4-6-10-17/h7-8,11-12,16-17,21H,4-6,9-10,13-15H2,1-3H3/t21-/m0/s1. The summed E-state index contributed by atoms with van der Waals surface area (Å²) in [4.78, 5) is 12.7. The molecule has 4 rings (SSSR count).